The Morgan fingerprint density at radius 1 is 1.31 bits per heavy atom. The van der Waals surface area contributed by atoms with Gasteiger partial charge in [-0.3, -0.25) is 4.79 Å². The number of Topliss-reactive ketones (excluding diaryl/α,β-unsaturated/α-hetero) is 1. The van der Waals surface area contributed by atoms with Crippen molar-refractivity contribution in [3.8, 4) is 0 Å². The zero-order valence-electron chi connectivity index (χ0n) is 10.2. The van der Waals surface area contributed by atoms with Crippen molar-refractivity contribution in [1.29, 1.82) is 0 Å². The molecule has 5 atom stereocenters. The second kappa shape index (κ2) is 3.56. The normalized spacial score (nSPS) is 51.1. The van der Waals surface area contributed by atoms with E-state index in [0.29, 0.717) is 23.2 Å². The third-order valence-corrected chi connectivity index (χ3v) is 5.85. The molecule has 0 aromatic rings. The molecule has 3 aliphatic carbocycles. The molecule has 3 fully saturated rings. The van der Waals surface area contributed by atoms with Crippen LogP contribution in [0.1, 0.15) is 51.9 Å². The number of hydrogen-bond acceptors (Lipinski definition) is 2. The van der Waals surface area contributed by atoms with Gasteiger partial charge in [-0.25, -0.2) is 0 Å². The van der Waals surface area contributed by atoms with Crippen molar-refractivity contribution in [3.63, 3.8) is 0 Å². The number of carbonyl (C=O) groups excluding carboxylic acids is 1. The molecule has 0 aromatic heterocycles. The molecule has 3 saturated carbocycles. The van der Waals surface area contributed by atoms with E-state index in [2.05, 4.69) is 0 Å². The first-order valence-electron chi connectivity index (χ1n) is 6.89. The van der Waals surface area contributed by atoms with E-state index in [1.807, 2.05) is 0 Å². The van der Waals surface area contributed by atoms with Crippen LogP contribution in [0.25, 0.3) is 0 Å². The van der Waals surface area contributed by atoms with Gasteiger partial charge in [0.25, 0.3) is 0 Å². The van der Waals surface area contributed by atoms with Crippen LogP contribution in [0.2, 0.25) is 0 Å². The number of fused-ring (bicyclic) bond motifs is 3. The van der Waals surface area contributed by atoms with Crippen molar-refractivity contribution in [2.75, 3.05) is 0 Å². The van der Waals surface area contributed by atoms with Gasteiger partial charge in [0.15, 0.2) is 0 Å². The number of carbonyl (C=O) groups is 1. The SMILES string of the molecule is CC(=O)[C@H]1CCC[C@]2(C1)C1CC[C@H](C1)[C@@H]2N. The summed E-state index contributed by atoms with van der Waals surface area (Å²) in [7, 11) is 0. The predicted octanol–water partition coefficient (Wildman–Crippen LogP) is 2.51. The molecule has 0 radical (unpaired) electrons. The maximum absolute atomic E-state index is 11.6. The van der Waals surface area contributed by atoms with Crippen LogP contribution in [0.15, 0.2) is 0 Å². The molecule has 16 heavy (non-hydrogen) atoms. The summed E-state index contributed by atoms with van der Waals surface area (Å²) in [6, 6.07) is 0.397. The van der Waals surface area contributed by atoms with Crippen LogP contribution in [0.4, 0.5) is 0 Å². The number of hydrogen-bond donors (Lipinski definition) is 1. The summed E-state index contributed by atoms with van der Waals surface area (Å²) in [6.07, 6.45) is 8.80. The molecule has 2 N–H and O–H groups in total. The minimum absolute atomic E-state index is 0.319. The first-order chi connectivity index (χ1) is 7.63. The smallest absolute Gasteiger partial charge is 0.132 e. The average Bonchev–Trinajstić information content (AvgIpc) is 2.84. The van der Waals surface area contributed by atoms with Crippen LogP contribution in [0.5, 0.6) is 0 Å². The molecule has 2 nitrogen and oxygen atoms in total. The molecule has 90 valence electrons. The summed E-state index contributed by atoms with van der Waals surface area (Å²) in [5.74, 6) is 2.33. The Morgan fingerprint density at radius 2 is 2.12 bits per heavy atom. The molecule has 0 saturated heterocycles. The van der Waals surface area contributed by atoms with Gasteiger partial charge in [-0.15, -0.1) is 0 Å². The van der Waals surface area contributed by atoms with Crippen LogP contribution in [0.3, 0.4) is 0 Å². The minimum atomic E-state index is 0.319. The quantitative estimate of drug-likeness (QED) is 0.739. The van der Waals surface area contributed by atoms with E-state index < -0.39 is 0 Å². The van der Waals surface area contributed by atoms with Crippen molar-refractivity contribution in [2.45, 2.75) is 57.9 Å². The Hall–Kier alpha value is -0.370. The lowest BCUT2D eigenvalue weighted by Gasteiger charge is -2.47. The highest BCUT2D eigenvalue weighted by Gasteiger charge is 2.57. The monoisotopic (exact) mass is 221 g/mol. The lowest BCUT2D eigenvalue weighted by atomic mass is 9.59. The number of rotatable bonds is 1. The third-order valence-electron chi connectivity index (χ3n) is 5.85. The standard InChI is InChI=1S/C14H23NO/c1-9(16)11-3-2-6-14(8-11)12-5-4-10(7-12)13(14)15/h10-13H,2-8,15H2,1H3/t10-,11+,12?,13+,14+/m1/s1. The largest absolute Gasteiger partial charge is 0.327 e. The van der Waals surface area contributed by atoms with Crippen LogP contribution in [-0.4, -0.2) is 11.8 Å². The van der Waals surface area contributed by atoms with Gasteiger partial charge < -0.3 is 5.73 Å². The first-order valence-corrected chi connectivity index (χ1v) is 6.89. The summed E-state index contributed by atoms with van der Waals surface area (Å²) in [6.45, 7) is 1.77. The maximum atomic E-state index is 11.6. The van der Waals surface area contributed by atoms with E-state index in [1.54, 1.807) is 6.92 Å². The fourth-order valence-electron chi connectivity index (χ4n) is 4.97. The van der Waals surface area contributed by atoms with E-state index in [-0.39, 0.29) is 0 Å². The molecule has 0 aliphatic heterocycles. The lowest BCUT2D eigenvalue weighted by molar-refractivity contribution is -0.124. The molecule has 2 bridgehead atoms. The molecule has 3 aliphatic rings. The molecule has 0 amide bonds. The van der Waals surface area contributed by atoms with Crippen molar-refractivity contribution in [3.05, 3.63) is 0 Å². The average molecular weight is 221 g/mol. The Labute approximate surface area is 98.0 Å². The highest BCUT2D eigenvalue weighted by atomic mass is 16.1. The van der Waals surface area contributed by atoms with Gasteiger partial charge in [-0.1, -0.05) is 6.42 Å². The van der Waals surface area contributed by atoms with Gasteiger partial charge in [-0.2, -0.15) is 0 Å². The fraction of sp³-hybridized carbons (Fsp3) is 0.929. The highest BCUT2D eigenvalue weighted by Crippen LogP contribution is 2.61. The van der Waals surface area contributed by atoms with E-state index >= 15 is 0 Å². The molecular weight excluding hydrogens is 198 g/mol. The Morgan fingerprint density at radius 3 is 2.75 bits per heavy atom. The van der Waals surface area contributed by atoms with Crippen molar-refractivity contribution >= 4 is 5.78 Å². The molecule has 1 unspecified atom stereocenters. The van der Waals surface area contributed by atoms with Gasteiger partial charge in [0, 0.05) is 12.0 Å². The summed E-state index contributed by atoms with van der Waals surface area (Å²) in [4.78, 5) is 11.6. The van der Waals surface area contributed by atoms with Gasteiger partial charge in [0.2, 0.25) is 0 Å². The minimum Gasteiger partial charge on any atom is -0.327 e. The van der Waals surface area contributed by atoms with E-state index in [0.717, 1.165) is 24.7 Å². The summed E-state index contributed by atoms with van der Waals surface area (Å²) in [5, 5.41) is 0. The predicted molar refractivity (Wildman–Crippen MR) is 63.9 cm³/mol. The molecular formula is C14H23NO. The second-order valence-electron chi connectivity index (χ2n) is 6.43. The van der Waals surface area contributed by atoms with Gasteiger partial charge in [-0.05, 0) is 62.7 Å². The van der Waals surface area contributed by atoms with E-state index in [4.69, 9.17) is 5.73 Å². The number of nitrogens with two attached hydrogens (primary N) is 1. The molecule has 0 aromatic carbocycles. The van der Waals surface area contributed by atoms with Gasteiger partial charge in [0.1, 0.15) is 5.78 Å². The Bertz CT molecular complexity index is 310. The fourth-order valence-corrected chi connectivity index (χ4v) is 4.97. The topological polar surface area (TPSA) is 43.1 Å². The van der Waals surface area contributed by atoms with E-state index in [1.165, 1.54) is 32.1 Å². The summed E-state index contributed by atoms with van der Waals surface area (Å²) >= 11 is 0. The zero-order chi connectivity index (χ0) is 11.3. The highest BCUT2D eigenvalue weighted by molar-refractivity contribution is 5.78. The molecule has 3 rings (SSSR count). The lowest BCUT2D eigenvalue weighted by Crippen LogP contribution is -2.49. The summed E-state index contributed by atoms with van der Waals surface area (Å²) in [5.41, 5.74) is 6.84. The molecule has 2 heteroatoms. The van der Waals surface area contributed by atoms with Gasteiger partial charge >= 0.3 is 0 Å². The van der Waals surface area contributed by atoms with Gasteiger partial charge in [0.05, 0.1) is 0 Å². The van der Waals surface area contributed by atoms with E-state index in [9.17, 15) is 4.79 Å². The van der Waals surface area contributed by atoms with Crippen molar-refractivity contribution < 1.29 is 4.79 Å². The van der Waals surface area contributed by atoms with Crippen LogP contribution in [0, 0.1) is 23.2 Å². The van der Waals surface area contributed by atoms with Crippen LogP contribution >= 0.6 is 0 Å². The maximum Gasteiger partial charge on any atom is 0.132 e. The second-order valence-corrected chi connectivity index (χ2v) is 6.43. The Kier molecular flexibility index (Phi) is 2.39. The third kappa shape index (κ3) is 1.32. The molecule has 1 spiro atoms. The zero-order valence-corrected chi connectivity index (χ0v) is 10.2. The van der Waals surface area contributed by atoms with Crippen molar-refractivity contribution in [1.82, 2.24) is 0 Å². The van der Waals surface area contributed by atoms with Crippen molar-refractivity contribution in [2.24, 2.45) is 28.9 Å². The van der Waals surface area contributed by atoms with Crippen LogP contribution < -0.4 is 5.73 Å². The summed E-state index contributed by atoms with van der Waals surface area (Å²) < 4.78 is 0. The Balaban J connectivity index is 1.85. The number of ketones is 1. The molecule has 0 heterocycles. The van der Waals surface area contributed by atoms with Crippen LogP contribution in [-0.2, 0) is 4.79 Å². The first kappa shape index (κ1) is 10.8.